The maximum atomic E-state index is 3.35. The predicted octanol–water partition coefficient (Wildman–Crippen LogP) is 4.51. The number of rotatable bonds is 7. The number of hydrogen-bond acceptors (Lipinski definition) is 2. The van der Waals surface area contributed by atoms with Crippen molar-refractivity contribution in [2.75, 3.05) is 33.0 Å². The first-order valence-electron chi connectivity index (χ1n) is 8.10. The van der Waals surface area contributed by atoms with Gasteiger partial charge in [0, 0.05) is 18.7 Å². The molecule has 0 aliphatic heterocycles. The second kappa shape index (κ2) is 8.00. The molecule has 0 heterocycles. The van der Waals surface area contributed by atoms with Crippen LogP contribution < -0.4 is 5.32 Å². The lowest BCUT2D eigenvalue weighted by Gasteiger charge is -2.23. The summed E-state index contributed by atoms with van der Waals surface area (Å²) in [6.07, 6.45) is 2.37. The van der Waals surface area contributed by atoms with E-state index in [9.17, 15) is 0 Å². The predicted molar refractivity (Wildman–Crippen MR) is 96.8 cm³/mol. The van der Waals surface area contributed by atoms with E-state index in [1.165, 1.54) is 35.2 Å². The molecule has 0 amide bonds. The molecule has 0 aromatic heterocycles. The molecule has 0 saturated carbocycles. The Balaban J connectivity index is 2.35. The van der Waals surface area contributed by atoms with Crippen LogP contribution >= 0.6 is 0 Å². The van der Waals surface area contributed by atoms with E-state index in [0.717, 1.165) is 6.54 Å². The quantitative estimate of drug-likeness (QED) is 0.808. The molecule has 2 aromatic rings. The number of anilines is 1. The van der Waals surface area contributed by atoms with Crippen LogP contribution in [0.3, 0.4) is 0 Å². The van der Waals surface area contributed by atoms with Crippen LogP contribution in [0, 0.1) is 6.92 Å². The van der Waals surface area contributed by atoms with Crippen molar-refractivity contribution in [1.82, 2.24) is 4.90 Å². The first-order valence-corrected chi connectivity index (χ1v) is 8.10. The van der Waals surface area contributed by atoms with Crippen molar-refractivity contribution in [2.45, 2.75) is 25.7 Å². The largest absolute Gasteiger partial charge is 0.388 e. The fraction of sp³-hybridized carbons (Fsp3) is 0.400. The summed E-state index contributed by atoms with van der Waals surface area (Å²) < 4.78 is 0. The third-order valence-corrected chi connectivity index (χ3v) is 4.27. The SMILES string of the molecule is CNc1ccccc1C(CCCN(C)C)c1ccccc1C. The summed E-state index contributed by atoms with van der Waals surface area (Å²) in [5.74, 6) is 0.449. The van der Waals surface area contributed by atoms with Crippen molar-refractivity contribution in [2.24, 2.45) is 0 Å². The highest BCUT2D eigenvalue weighted by molar-refractivity contribution is 5.55. The number of nitrogens with one attached hydrogen (secondary N) is 1. The number of nitrogens with zero attached hydrogens (tertiary/aromatic N) is 1. The Bertz CT molecular complexity index is 590. The Labute approximate surface area is 135 Å². The molecule has 1 atom stereocenters. The van der Waals surface area contributed by atoms with Crippen LogP contribution in [0.2, 0.25) is 0 Å². The van der Waals surface area contributed by atoms with Crippen LogP contribution in [0.25, 0.3) is 0 Å². The lowest BCUT2D eigenvalue weighted by Crippen LogP contribution is -2.15. The second-order valence-electron chi connectivity index (χ2n) is 6.19. The molecule has 2 aromatic carbocycles. The average Bonchev–Trinajstić information content (AvgIpc) is 2.52. The van der Waals surface area contributed by atoms with Crippen molar-refractivity contribution < 1.29 is 0 Å². The van der Waals surface area contributed by atoms with Crippen molar-refractivity contribution in [1.29, 1.82) is 0 Å². The maximum Gasteiger partial charge on any atom is 0.0376 e. The first-order chi connectivity index (χ1) is 10.6. The minimum Gasteiger partial charge on any atom is -0.388 e. The van der Waals surface area contributed by atoms with Crippen LogP contribution in [0.5, 0.6) is 0 Å². The maximum absolute atomic E-state index is 3.35. The molecule has 0 saturated heterocycles. The number of para-hydroxylation sites is 1. The summed E-state index contributed by atoms with van der Waals surface area (Å²) in [7, 11) is 6.29. The van der Waals surface area contributed by atoms with Gasteiger partial charge in [-0.25, -0.2) is 0 Å². The second-order valence-corrected chi connectivity index (χ2v) is 6.19. The van der Waals surface area contributed by atoms with Crippen molar-refractivity contribution in [3.05, 3.63) is 65.2 Å². The monoisotopic (exact) mass is 296 g/mol. The fourth-order valence-corrected chi connectivity index (χ4v) is 3.10. The molecule has 118 valence electrons. The topological polar surface area (TPSA) is 15.3 Å². The lowest BCUT2D eigenvalue weighted by molar-refractivity contribution is 0.389. The van der Waals surface area contributed by atoms with Crippen molar-refractivity contribution in [3.8, 4) is 0 Å². The normalized spacial score (nSPS) is 12.4. The molecule has 0 aliphatic rings. The van der Waals surface area contributed by atoms with Gasteiger partial charge in [0.25, 0.3) is 0 Å². The molecule has 0 bridgehead atoms. The molecule has 0 radical (unpaired) electrons. The molecular weight excluding hydrogens is 268 g/mol. The van der Waals surface area contributed by atoms with Crippen molar-refractivity contribution >= 4 is 5.69 Å². The van der Waals surface area contributed by atoms with Crippen LogP contribution in [-0.4, -0.2) is 32.6 Å². The van der Waals surface area contributed by atoms with E-state index in [4.69, 9.17) is 0 Å². The van der Waals surface area contributed by atoms with Gasteiger partial charge in [-0.1, -0.05) is 42.5 Å². The van der Waals surface area contributed by atoms with Gasteiger partial charge in [0.1, 0.15) is 0 Å². The Morgan fingerprint density at radius 2 is 1.59 bits per heavy atom. The van der Waals surface area contributed by atoms with E-state index in [-0.39, 0.29) is 0 Å². The molecular formula is C20H28N2. The van der Waals surface area contributed by atoms with Gasteiger partial charge in [-0.2, -0.15) is 0 Å². The molecule has 0 spiro atoms. The van der Waals surface area contributed by atoms with E-state index >= 15 is 0 Å². The van der Waals surface area contributed by atoms with Crippen LogP contribution in [0.15, 0.2) is 48.5 Å². The van der Waals surface area contributed by atoms with E-state index in [1.807, 2.05) is 7.05 Å². The van der Waals surface area contributed by atoms with Gasteiger partial charge in [-0.3, -0.25) is 0 Å². The van der Waals surface area contributed by atoms with Gasteiger partial charge in [0.2, 0.25) is 0 Å². The van der Waals surface area contributed by atoms with Gasteiger partial charge >= 0.3 is 0 Å². The van der Waals surface area contributed by atoms with Gasteiger partial charge in [0.15, 0.2) is 0 Å². The van der Waals surface area contributed by atoms with Gasteiger partial charge in [-0.15, -0.1) is 0 Å². The van der Waals surface area contributed by atoms with Crippen LogP contribution in [0.1, 0.15) is 35.4 Å². The van der Waals surface area contributed by atoms with E-state index in [2.05, 4.69) is 79.8 Å². The lowest BCUT2D eigenvalue weighted by atomic mass is 9.84. The van der Waals surface area contributed by atoms with Crippen LogP contribution in [0.4, 0.5) is 5.69 Å². The minimum atomic E-state index is 0.449. The zero-order chi connectivity index (χ0) is 15.9. The Morgan fingerprint density at radius 3 is 2.23 bits per heavy atom. The third-order valence-electron chi connectivity index (χ3n) is 4.27. The highest BCUT2D eigenvalue weighted by Crippen LogP contribution is 2.35. The zero-order valence-electron chi connectivity index (χ0n) is 14.3. The minimum absolute atomic E-state index is 0.449. The zero-order valence-corrected chi connectivity index (χ0v) is 14.3. The molecule has 1 unspecified atom stereocenters. The average molecular weight is 296 g/mol. The Hall–Kier alpha value is -1.80. The summed E-state index contributed by atoms with van der Waals surface area (Å²) in [6.45, 7) is 3.35. The molecule has 0 fully saturated rings. The van der Waals surface area contributed by atoms with E-state index in [0.29, 0.717) is 5.92 Å². The highest BCUT2D eigenvalue weighted by atomic mass is 15.0. The number of benzene rings is 2. The third kappa shape index (κ3) is 4.11. The summed E-state index contributed by atoms with van der Waals surface area (Å²) >= 11 is 0. The molecule has 2 nitrogen and oxygen atoms in total. The first kappa shape index (κ1) is 16.6. The standard InChI is InChI=1S/C20H28N2/c1-16-10-5-6-11-17(16)18(13-9-15-22(3)4)19-12-7-8-14-20(19)21-2/h5-8,10-12,14,18,21H,9,13,15H2,1-4H3. The number of aryl methyl sites for hydroxylation is 1. The summed E-state index contributed by atoms with van der Waals surface area (Å²) in [6, 6.07) is 17.5. The van der Waals surface area contributed by atoms with Gasteiger partial charge in [0.05, 0.1) is 0 Å². The van der Waals surface area contributed by atoms with E-state index < -0.39 is 0 Å². The van der Waals surface area contributed by atoms with Gasteiger partial charge in [-0.05, 0) is 63.2 Å². The number of hydrogen-bond donors (Lipinski definition) is 1. The van der Waals surface area contributed by atoms with Crippen LogP contribution in [-0.2, 0) is 0 Å². The summed E-state index contributed by atoms with van der Waals surface area (Å²) in [5, 5.41) is 3.35. The molecule has 2 rings (SSSR count). The molecule has 0 aliphatic carbocycles. The summed E-state index contributed by atoms with van der Waals surface area (Å²) in [4.78, 5) is 2.26. The van der Waals surface area contributed by atoms with E-state index in [1.54, 1.807) is 0 Å². The Morgan fingerprint density at radius 1 is 0.955 bits per heavy atom. The molecule has 22 heavy (non-hydrogen) atoms. The summed E-state index contributed by atoms with van der Waals surface area (Å²) in [5.41, 5.74) is 5.46. The van der Waals surface area contributed by atoms with Crippen molar-refractivity contribution in [3.63, 3.8) is 0 Å². The smallest absolute Gasteiger partial charge is 0.0376 e. The molecule has 2 heteroatoms. The fourth-order valence-electron chi connectivity index (χ4n) is 3.10. The molecule has 1 N–H and O–H groups in total. The highest BCUT2D eigenvalue weighted by Gasteiger charge is 2.18. The Kier molecular flexibility index (Phi) is 6.02. The van der Waals surface area contributed by atoms with Gasteiger partial charge < -0.3 is 10.2 Å².